The van der Waals surface area contributed by atoms with Gasteiger partial charge in [0.05, 0.1) is 32.1 Å². The molecule has 2 aromatic rings. The van der Waals surface area contributed by atoms with Crippen molar-refractivity contribution in [1.29, 1.82) is 0 Å². The van der Waals surface area contributed by atoms with E-state index in [1.807, 2.05) is 18.3 Å². The number of nitrogens with one attached hydrogen (secondary N) is 1. The predicted octanol–water partition coefficient (Wildman–Crippen LogP) is 1.66. The molecule has 6 heteroatoms. The van der Waals surface area contributed by atoms with Crippen LogP contribution in [0.2, 0.25) is 0 Å². The SMILES string of the molecule is C=CCOC[C@H](O)C[NH+](CCCOC)Cc1cccn1Cc1cccc(F)c1. The quantitative estimate of drug-likeness (QED) is 0.380. The standard InChI is InChI=1S/C22H31FN2O3/c1-3-12-28-18-22(26)17-24(10-6-13-27-2)16-21-9-5-11-25(21)15-19-7-4-8-20(23)14-19/h3-5,7-9,11,14,22,26H,1,6,10,12-13,15-18H2,2H3/p+1/t22-/m1/s1. The summed E-state index contributed by atoms with van der Waals surface area (Å²) >= 11 is 0. The van der Waals surface area contributed by atoms with E-state index in [0.717, 1.165) is 30.8 Å². The molecule has 0 aliphatic heterocycles. The number of aliphatic hydroxyl groups excluding tert-OH is 1. The number of aromatic nitrogens is 1. The molecule has 1 aromatic carbocycles. The maximum Gasteiger partial charge on any atom is 0.126 e. The first-order valence-electron chi connectivity index (χ1n) is 9.70. The van der Waals surface area contributed by atoms with Gasteiger partial charge in [0.1, 0.15) is 25.0 Å². The molecule has 0 aliphatic carbocycles. The van der Waals surface area contributed by atoms with Gasteiger partial charge in [-0.3, -0.25) is 0 Å². The molecule has 0 bridgehead atoms. The van der Waals surface area contributed by atoms with Gasteiger partial charge in [-0.15, -0.1) is 6.58 Å². The van der Waals surface area contributed by atoms with Crippen molar-refractivity contribution >= 4 is 0 Å². The normalized spacial score (nSPS) is 13.4. The molecule has 0 amide bonds. The molecule has 0 radical (unpaired) electrons. The number of hydrogen-bond acceptors (Lipinski definition) is 3. The van der Waals surface area contributed by atoms with Crippen molar-refractivity contribution in [2.75, 3.05) is 40.0 Å². The third kappa shape index (κ3) is 7.94. The Morgan fingerprint density at radius 1 is 1.32 bits per heavy atom. The second-order valence-corrected chi connectivity index (χ2v) is 6.96. The first-order valence-corrected chi connectivity index (χ1v) is 9.70. The van der Waals surface area contributed by atoms with Gasteiger partial charge in [0.2, 0.25) is 0 Å². The van der Waals surface area contributed by atoms with Crippen LogP contribution in [-0.4, -0.2) is 55.8 Å². The molecular weight excluding hydrogens is 359 g/mol. The molecule has 2 rings (SSSR count). The van der Waals surface area contributed by atoms with E-state index in [2.05, 4.69) is 17.2 Å². The van der Waals surface area contributed by atoms with Crippen LogP contribution in [0.1, 0.15) is 17.7 Å². The van der Waals surface area contributed by atoms with Gasteiger partial charge in [-0.25, -0.2) is 4.39 Å². The van der Waals surface area contributed by atoms with Crippen molar-refractivity contribution in [2.24, 2.45) is 0 Å². The van der Waals surface area contributed by atoms with Crippen LogP contribution in [-0.2, 0) is 22.6 Å². The van der Waals surface area contributed by atoms with Crippen molar-refractivity contribution in [3.8, 4) is 0 Å². The first kappa shape index (κ1) is 22.3. The van der Waals surface area contributed by atoms with E-state index in [0.29, 0.717) is 32.9 Å². The monoisotopic (exact) mass is 391 g/mol. The average Bonchev–Trinajstić information content (AvgIpc) is 3.08. The van der Waals surface area contributed by atoms with Crippen LogP contribution in [0, 0.1) is 5.82 Å². The highest BCUT2D eigenvalue weighted by Crippen LogP contribution is 2.09. The summed E-state index contributed by atoms with van der Waals surface area (Å²) in [6, 6.07) is 10.8. The third-order valence-electron chi connectivity index (χ3n) is 4.55. The second-order valence-electron chi connectivity index (χ2n) is 6.96. The highest BCUT2D eigenvalue weighted by molar-refractivity contribution is 5.18. The van der Waals surface area contributed by atoms with Crippen molar-refractivity contribution in [3.63, 3.8) is 0 Å². The lowest BCUT2D eigenvalue weighted by molar-refractivity contribution is -0.917. The Labute approximate surface area is 167 Å². The molecule has 2 N–H and O–H groups in total. The topological polar surface area (TPSA) is 48.1 Å². The molecule has 0 saturated carbocycles. The molecule has 1 aromatic heterocycles. The van der Waals surface area contributed by atoms with Crippen molar-refractivity contribution < 1.29 is 23.9 Å². The van der Waals surface area contributed by atoms with Gasteiger partial charge < -0.3 is 24.0 Å². The van der Waals surface area contributed by atoms with Crippen LogP contribution in [0.4, 0.5) is 4.39 Å². The van der Waals surface area contributed by atoms with Gasteiger partial charge in [-0.2, -0.15) is 0 Å². The molecule has 0 saturated heterocycles. The Hall–Kier alpha value is -1.99. The predicted molar refractivity (Wildman–Crippen MR) is 108 cm³/mol. The smallest absolute Gasteiger partial charge is 0.126 e. The van der Waals surface area contributed by atoms with E-state index in [9.17, 15) is 9.50 Å². The third-order valence-corrected chi connectivity index (χ3v) is 4.55. The summed E-state index contributed by atoms with van der Waals surface area (Å²) in [4.78, 5) is 1.26. The summed E-state index contributed by atoms with van der Waals surface area (Å²) in [5, 5.41) is 10.3. The van der Waals surface area contributed by atoms with Crippen molar-refractivity contribution in [1.82, 2.24) is 4.57 Å². The van der Waals surface area contributed by atoms with Gasteiger partial charge in [-0.05, 0) is 29.8 Å². The van der Waals surface area contributed by atoms with Crippen LogP contribution in [0.25, 0.3) is 0 Å². The van der Waals surface area contributed by atoms with Crippen LogP contribution in [0.5, 0.6) is 0 Å². The van der Waals surface area contributed by atoms with Crippen LogP contribution < -0.4 is 4.90 Å². The van der Waals surface area contributed by atoms with Gasteiger partial charge >= 0.3 is 0 Å². The number of ether oxygens (including phenoxy) is 2. The zero-order valence-corrected chi connectivity index (χ0v) is 16.6. The second kappa shape index (κ2) is 12.5. The number of rotatable bonds is 14. The minimum atomic E-state index is -0.538. The minimum Gasteiger partial charge on any atom is -0.385 e. The van der Waals surface area contributed by atoms with Gasteiger partial charge in [0, 0.05) is 26.3 Å². The Morgan fingerprint density at radius 2 is 2.18 bits per heavy atom. The van der Waals surface area contributed by atoms with Gasteiger partial charge in [0.15, 0.2) is 0 Å². The van der Waals surface area contributed by atoms with Gasteiger partial charge in [-0.1, -0.05) is 18.2 Å². The Bertz CT molecular complexity index is 705. The molecule has 28 heavy (non-hydrogen) atoms. The van der Waals surface area contributed by atoms with Crippen LogP contribution in [0.3, 0.4) is 0 Å². The van der Waals surface area contributed by atoms with E-state index >= 15 is 0 Å². The minimum absolute atomic E-state index is 0.222. The zero-order chi connectivity index (χ0) is 20.2. The van der Waals surface area contributed by atoms with E-state index in [-0.39, 0.29) is 5.82 Å². The Kier molecular flexibility index (Phi) is 9.93. The molecule has 0 fully saturated rings. The fourth-order valence-corrected chi connectivity index (χ4v) is 3.26. The lowest BCUT2D eigenvalue weighted by atomic mass is 10.2. The molecular formula is C22H32FN2O3+. The molecule has 2 atom stereocenters. The van der Waals surface area contributed by atoms with E-state index in [4.69, 9.17) is 9.47 Å². The summed E-state index contributed by atoms with van der Waals surface area (Å²) in [6.07, 6.45) is 4.06. The summed E-state index contributed by atoms with van der Waals surface area (Å²) in [5.74, 6) is -0.222. The number of hydrogen-bond donors (Lipinski definition) is 2. The van der Waals surface area contributed by atoms with E-state index in [1.165, 1.54) is 11.0 Å². The van der Waals surface area contributed by atoms with Crippen LogP contribution in [0.15, 0.2) is 55.3 Å². The molecule has 154 valence electrons. The number of aliphatic hydroxyl groups is 1. The largest absolute Gasteiger partial charge is 0.385 e. The average molecular weight is 392 g/mol. The number of halogens is 1. The number of methoxy groups -OCH3 is 1. The maximum atomic E-state index is 13.5. The molecule has 0 spiro atoms. The highest BCUT2D eigenvalue weighted by Gasteiger charge is 2.17. The van der Waals surface area contributed by atoms with E-state index < -0.39 is 6.10 Å². The van der Waals surface area contributed by atoms with Gasteiger partial charge in [0.25, 0.3) is 0 Å². The van der Waals surface area contributed by atoms with Crippen LogP contribution >= 0.6 is 0 Å². The number of nitrogens with zero attached hydrogens (tertiary/aromatic N) is 1. The Morgan fingerprint density at radius 3 is 2.93 bits per heavy atom. The number of benzene rings is 1. The lowest BCUT2D eigenvalue weighted by Gasteiger charge is -2.23. The lowest BCUT2D eigenvalue weighted by Crippen LogP contribution is -3.12. The fourth-order valence-electron chi connectivity index (χ4n) is 3.26. The Balaban J connectivity index is 2.00. The summed E-state index contributed by atoms with van der Waals surface area (Å²) in [7, 11) is 1.70. The summed E-state index contributed by atoms with van der Waals surface area (Å²) in [6.45, 7) is 7.91. The zero-order valence-electron chi connectivity index (χ0n) is 16.6. The summed E-state index contributed by atoms with van der Waals surface area (Å²) in [5.41, 5.74) is 2.08. The molecule has 1 unspecified atom stereocenters. The highest BCUT2D eigenvalue weighted by atomic mass is 19.1. The van der Waals surface area contributed by atoms with Crippen molar-refractivity contribution in [3.05, 3.63) is 72.3 Å². The molecule has 1 heterocycles. The molecule has 0 aliphatic rings. The van der Waals surface area contributed by atoms with E-state index in [1.54, 1.807) is 25.3 Å². The fraction of sp³-hybridized carbons (Fsp3) is 0.455. The first-order chi connectivity index (χ1) is 13.6. The number of quaternary nitrogens is 1. The maximum absolute atomic E-state index is 13.5. The molecule has 5 nitrogen and oxygen atoms in total. The van der Waals surface area contributed by atoms with Crippen molar-refractivity contribution in [2.45, 2.75) is 25.6 Å². The summed E-state index contributed by atoms with van der Waals surface area (Å²) < 4.78 is 26.2.